The molecule has 0 N–H and O–H groups in total. The van der Waals surface area contributed by atoms with Crippen molar-refractivity contribution in [3.8, 4) is 17.2 Å². The number of halogens is 1. The molecule has 0 fully saturated rings. The standard InChI is InChI=1S/C19H20FN3O2/c1-13-5-4-6-15(9-13)19-22-21-18(25-19)12-23(2)11-14-7-8-17(24-3)16(20)10-14/h4-10H,11-12H2,1-3H3. The van der Waals surface area contributed by atoms with Crippen molar-refractivity contribution in [1.29, 1.82) is 0 Å². The molecule has 130 valence electrons. The van der Waals surface area contributed by atoms with E-state index in [1.807, 2.05) is 49.2 Å². The van der Waals surface area contributed by atoms with Gasteiger partial charge in [0.1, 0.15) is 0 Å². The molecule has 0 saturated carbocycles. The quantitative estimate of drug-likeness (QED) is 0.682. The van der Waals surface area contributed by atoms with Gasteiger partial charge in [0.05, 0.1) is 13.7 Å². The normalized spacial score (nSPS) is 11.1. The van der Waals surface area contributed by atoms with Crippen LogP contribution in [-0.4, -0.2) is 29.3 Å². The first-order valence-electron chi connectivity index (χ1n) is 7.95. The summed E-state index contributed by atoms with van der Waals surface area (Å²) in [4.78, 5) is 1.98. The third-order valence-electron chi connectivity index (χ3n) is 3.81. The van der Waals surface area contributed by atoms with E-state index in [1.54, 1.807) is 6.07 Å². The fourth-order valence-electron chi connectivity index (χ4n) is 2.62. The van der Waals surface area contributed by atoms with Crippen molar-refractivity contribution in [3.63, 3.8) is 0 Å². The van der Waals surface area contributed by atoms with Gasteiger partial charge in [-0.05, 0) is 43.8 Å². The molecule has 0 bridgehead atoms. The number of nitrogens with zero attached hydrogens (tertiary/aromatic N) is 3. The molecule has 0 aliphatic rings. The average molecular weight is 341 g/mol. The van der Waals surface area contributed by atoms with Gasteiger partial charge in [0.2, 0.25) is 11.8 Å². The van der Waals surface area contributed by atoms with Crippen molar-refractivity contribution in [3.05, 3.63) is 65.3 Å². The minimum atomic E-state index is -0.368. The summed E-state index contributed by atoms with van der Waals surface area (Å²) < 4.78 is 24.4. The molecule has 2 aromatic carbocycles. The number of methoxy groups -OCH3 is 1. The van der Waals surface area contributed by atoms with Crippen LogP contribution in [0.2, 0.25) is 0 Å². The highest BCUT2D eigenvalue weighted by Crippen LogP contribution is 2.21. The van der Waals surface area contributed by atoms with Gasteiger partial charge in [0.25, 0.3) is 0 Å². The molecular formula is C19H20FN3O2. The smallest absolute Gasteiger partial charge is 0.247 e. The first-order chi connectivity index (χ1) is 12.0. The fraction of sp³-hybridized carbons (Fsp3) is 0.263. The van der Waals surface area contributed by atoms with Crippen LogP contribution in [0.3, 0.4) is 0 Å². The summed E-state index contributed by atoms with van der Waals surface area (Å²) in [5.41, 5.74) is 2.88. The van der Waals surface area contributed by atoms with Crippen molar-refractivity contribution in [1.82, 2.24) is 15.1 Å². The molecule has 6 heteroatoms. The highest BCUT2D eigenvalue weighted by Gasteiger charge is 2.12. The summed E-state index contributed by atoms with van der Waals surface area (Å²) in [5, 5.41) is 8.20. The predicted molar refractivity (Wildman–Crippen MR) is 92.6 cm³/mol. The molecule has 5 nitrogen and oxygen atoms in total. The van der Waals surface area contributed by atoms with E-state index in [9.17, 15) is 4.39 Å². The Hall–Kier alpha value is -2.73. The van der Waals surface area contributed by atoms with Crippen LogP contribution in [0.25, 0.3) is 11.5 Å². The summed E-state index contributed by atoms with van der Waals surface area (Å²) in [7, 11) is 3.37. The lowest BCUT2D eigenvalue weighted by Crippen LogP contribution is -2.17. The monoisotopic (exact) mass is 341 g/mol. The van der Waals surface area contributed by atoms with E-state index in [0.717, 1.165) is 16.7 Å². The van der Waals surface area contributed by atoms with Crippen LogP contribution in [0.1, 0.15) is 17.0 Å². The van der Waals surface area contributed by atoms with Gasteiger partial charge in [-0.25, -0.2) is 4.39 Å². The van der Waals surface area contributed by atoms with E-state index >= 15 is 0 Å². The number of aryl methyl sites for hydroxylation is 1. The first-order valence-corrected chi connectivity index (χ1v) is 7.95. The number of benzene rings is 2. The maximum absolute atomic E-state index is 13.8. The Morgan fingerprint density at radius 1 is 1.12 bits per heavy atom. The van der Waals surface area contributed by atoms with Gasteiger partial charge in [0, 0.05) is 12.1 Å². The molecule has 0 aliphatic heterocycles. The molecule has 0 atom stereocenters. The number of aromatic nitrogens is 2. The van der Waals surface area contributed by atoms with Gasteiger partial charge in [-0.2, -0.15) is 0 Å². The zero-order chi connectivity index (χ0) is 17.8. The average Bonchev–Trinajstić information content (AvgIpc) is 3.03. The van der Waals surface area contributed by atoms with Crippen LogP contribution in [-0.2, 0) is 13.1 Å². The summed E-state index contributed by atoms with van der Waals surface area (Å²) in [5.74, 6) is 0.898. The summed E-state index contributed by atoms with van der Waals surface area (Å²) >= 11 is 0. The van der Waals surface area contributed by atoms with Crippen molar-refractivity contribution in [2.24, 2.45) is 0 Å². The molecule has 3 aromatic rings. The van der Waals surface area contributed by atoms with E-state index in [0.29, 0.717) is 24.9 Å². The molecule has 25 heavy (non-hydrogen) atoms. The zero-order valence-corrected chi connectivity index (χ0v) is 14.5. The lowest BCUT2D eigenvalue weighted by molar-refractivity contribution is 0.282. The second-order valence-electron chi connectivity index (χ2n) is 6.01. The zero-order valence-electron chi connectivity index (χ0n) is 14.5. The van der Waals surface area contributed by atoms with Gasteiger partial charge in [-0.3, -0.25) is 4.90 Å². The number of rotatable bonds is 6. The largest absolute Gasteiger partial charge is 0.494 e. The molecule has 0 unspecified atom stereocenters. The van der Waals surface area contributed by atoms with Crippen LogP contribution in [0, 0.1) is 12.7 Å². The highest BCUT2D eigenvalue weighted by molar-refractivity contribution is 5.53. The highest BCUT2D eigenvalue weighted by atomic mass is 19.1. The molecule has 1 aromatic heterocycles. The number of hydrogen-bond acceptors (Lipinski definition) is 5. The second-order valence-corrected chi connectivity index (χ2v) is 6.01. The number of hydrogen-bond donors (Lipinski definition) is 0. The minimum Gasteiger partial charge on any atom is -0.494 e. The Kier molecular flexibility index (Phi) is 5.09. The maximum atomic E-state index is 13.8. The molecule has 3 rings (SSSR count). The molecule has 1 heterocycles. The van der Waals surface area contributed by atoms with E-state index in [4.69, 9.17) is 9.15 Å². The Bertz CT molecular complexity index is 863. The van der Waals surface area contributed by atoms with Crippen LogP contribution in [0.5, 0.6) is 5.75 Å². The lowest BCUT2D eigenvalue weighted by atomic mass is 10.1. The fourth-order valence-corrected chi connectivity index (χ4v) is 2.62. The van der Waals surface area contributed by atoms with Gasteiger partial charge < -0.3 is 9.15 Å². The van der Waals surface area contributed by atoms with Crippen LogP contribution >= 0.6 is 0 Å². The van der Waals surface area contributed by atoms with E-state index < -0.39 is 0 Å². The van der Waals surface area contributed by atoms with Gasteiger partial charge >= 0.3 is 0 Å². The molecule has 0 amide bonds. The Morgan fingerprint density at radius 3 is 2.68 bits per heavy atom. The first kappa shape index (κ1) is 17.1. The lowest BCUT2D eigenvalue weighted by Gasteiger charge is -2.14. The van der Waals surface area contributed by atoms with Crippen LogP contribution in [0.15, 0.2) is 46.9 Å². The number of ether oxygens (including phenoxy) is 1. The Labute approximate surface area is 146 Å². The van der Waals surface area contributed by atoms with Crippen molar-refractivity contribution in [2.75, 3.05) is 14.2 Å². The molecule has 0 saturated heterocycles. The molecular weight excluding hydrogens is 321 g/mol. The third-order valence-corrected chi connectivity index (χ3v) is 3.81. The van der Waals surface area contributed by atoms with Crippen molar-refractivity contribution in [2.45, 2.75) is 20.0 Å². The Balaban J connectivity index is 1.65. The van der Waals surface area contributed by atoms with E-state index in [1.165, 1.54) is 13.2 Å². The molecule has 0 aliphatic carbocycles. The molecule has 0 radical (unpaired) electrons. The SMILES string of the molecule is COc1ccc(CN(C)Cc2nnc(-c3cccc(C)c3)o2)cc1F. The van der Waals surface area contributed by atoms with Crippen LogP contribution < -0.4 is 4.74 Å². The third kappa shape index (κ3) is 4.22. The second kappa shape index (κ2) is 7.44. The van der Waals surface area contributed by atoms with Gasteiger partial charge in [0.15, 0.2) is 11.6 Å². The van der Waals surface area contributed by atoms with E-state index in [2.05, 4.69) is 10.2 Å². The van der Waals surface area contributed by atoms with Crippen LogP contribution in [0.4, 0.5) is 4.39 Å². The predicted octanol–water partition coefficient (Wildman–Crippen LogP) is 3.82. The van der Waals surface area contributed by atoms with E-state index in [-0.39, 0.29) is 11.6 Å². The van der Waals surface area contributed by atoms with Gasteiger partial charge in [-0.1, -0.05) is 23.8 Å². The Morgan fingerprint density at radius 2 is 1.96 bits per heavy atom. The summed E-state index contributed by atoms with van der Waals surface area (Å²) in [6.07, 6.45) is 0. The summed E-state index contributed by atoms with van der Waals surface area (Å²) in [6, 6.07) is 12.9. The minimum absolute atomic E-state index is 0.242. The molecule has 0 spiro atoms. The van der Waals surface area contributed by atoms with Gasteiger partial charge in [-0.15, -0.1) is 10.2 Å². The topological polar surface area (TPSA) is 51.4 Å². The van der Waals surface area contributed by atoms with Crippen molar-refractivity contribution >= 4 is 0 Å². The van der Waals surface area contributed by atoms with Crippen molar-refractivity contribution < 1.29 is 13.5 Å². The maximum Gasteiger partial charge on any atom is 0.247 e. The summed E-state index contributed by atoms with van der Waals surface area (Å²) in [6.45, 7) is 3.05.